The van der Waals surface area contributed by atoms with E-state index < -0.39 is 11.6 Å². The SMILES string of the molecule is CCCC(O)(CCC)C(C)=NNC(N)=O. The third kappa shape index (κ3) is 4.78. The Labute approximate surface area is 90.7 Å². The van der Waals surface area contributed by atoms with Gasteiger partial charge in [0, 0.05) is 0 Å². The predicted molar refractivity (Wildman–Crippen MR) is 60.6 cm³/mol. The van der Waals surface area contributed by atoms with Crippen LogP contribution in [0.4, 0.5) is 4.79 Å². The molecule has 0 spiro atoms. The van der Waals surface area contributed by atoms with Gasteiger partial charge in [-0.3, -0.25) is 0 Å². The molecule has 0 fully saturated rings. The second kappa shape index (κ2) is 6.40. The zero-order chi connectivity index (χ0) is 11.9. The van der Waals surface area contributed by atoms with E-state index in [1.807, 2.05) is 13.8 Å². The van der Waals surface area contributed by atoms with E-state index in [4.69, 9.17) is 5.73 Å². The molecule has 0 atom stereocenters. The van der Waals surface area contributed by atoms with E-state index in [2.05, 4.69) is 10.5 Å². The van der Waals surface area contributed by atoms with Gasteiger partial charge in [0.1, 0.15) is 5.60 Å². The minimum atomic E-state index is -0.925. The first-order chi connectivity index (χ1) is 6.96. The molecule has 0 aliphatic rings. The quantitative estimate of drug-likeness (QED) is 0.461. The molecule has 0 saturated heterocycles. The van der Waals surface area contributed by atoms with Gasteiger partial charge in [-0.25, -0.2) is 10.2 Å². The smallest absolute Gasteiger partial charge is 0.332 e. The van der Waals surface area contributed by atoms with Gasteiger partial charge in [-0.05, 0) is 19.8 Å². The molecule has 0 aromatic heterocycles. The van der Waals surface area contributed by atoms with Crippen molar-refractivity contribution in [1.82, 2.24) is 5.43 Å². The van der Waals surface area contributed by atoms with Crippen LogP contribution in [0.25, 0.3) is 0 Å². The number of nitrogens with zero attached hydrogens (tertiary/aromatic N) is 1. The molecule has 0 aliphatic heterocycles. The van der Waals surface area contributed by atoms with Gasteiger partial charge in [-0.1, -0.05) is 26.7 Å². The molecule has 0 aromatic carbocycles. The zero-order valence-corrected chi connectivity index (χ0v) is 9.71. The molecule has 0 radical (unpaired) electrons. The van der Waals surface area contributed by atoms with Crippen LogP contribution in [0.3, 0.4) is 0 Å². The molecule has 0 saturated carbocycles. The molecule has 5 nitrogen and oxygen atoms in total. The molecule has 0 heterocycles. The lowest BCUT2D eigenvalue weighted by Crippen LogP contribution is -2.39. The maximum atomic E-state index is 10.5. The molecular formula is C10H21N3O2. The first-order valence-corrected chi connectivity index (χ1v) is 5.28. The third-order valence-corrected chi connectivity index (χ3v) is 2.33. The highest BCUT2D eigenvalue weighted by atomic mass is 16.3. The number of nitrogens with one attached hydrogen (secondary N) is 1. The van der Waals surface area contributed by atoms with E-state index in [0.29, 0.717) is 18.6 Å². The summed E-state index contributed by atoms with van der Waals surface area (Å²) >= 11 is 0. The van der Waals surface area contributed by atoms with Crippen LogP contribution >= 0.6 is 0 Å². The summed E-state index contributed by atoms with van der Waals surface area (Å²) < 4.78 is 0. The Kier molecular flexibility index (Phi) is 5.93. The fourth-order valence-corrected chi connectivity index (χ4v) is 1.56. The van der Waals surface area contributed by atoms with Crippen LogP contribution in [0.2, 0.25) is 0 Å². The molecule has 2 amide bonds. The minimum absolute atomic E-state index is 0.505. The van der Waals surface area contributed by atoms with Crippen molar-refractivity contribution in [2.45, 2.75) is 52.1 Å². The lowest BCUT2D eigenvalue weighted by atomic mass is 9.88. The van der Waals surface area contributed by atoms with E-state index in [0.717, 1.165) is 12.8 Å². The van der Waals surface area contributed by atoms with Crippen molar-refractivity contribution < 1.29 is 9.90 Å². The summed E-state index contributed by atoms with van der Waals surface area (Å²) in [4.78, 5) is 10.5. The molecule has 0 bridgehead atoms. The van der Waals surface area contributed by atoms with Crippen molar-refractivity contribution in [3.63, 3.8) is 0 Å². The van der Waals surface area contributed by atoms with Gasteiger partial charge in [0.25, 0.3) is 0 Å². The van der Waals surface area contributed by atoms with Gasteiger partial charge in [-0.15, -0.1) is 0 Å². The fraction of sp³-hybridized carbons (Fsp3) is 0.800. The summed E-state index contributed by atoms with van der Waals surface area (Å²) in [7, 11) is 0. The van der Waals surface area contributed by atoms with Crippen LogP contribution in [0.5, 0.6) is 0 Å². The van der Waals surface area contributed by atoms with E-state index >= 15 is 0 Å². The van der Waals surface area contributed by atoms with Gasteiger partial charge in [0.05, 0.1) is 5.71 Å². The molecule has 15 heavy (non-hydrogen) atoms. The molecular weight excluding hydrogens is 194 g/mol. The third-order valence-electron chi connectivity index (χ3n) is 2.33. The average molecular weight is 215 g/mol. The maximum Gasteiger partial charge on any atom is 0.332 e. The highest BCUT2D eigenvalue weighted by molar-refractivity contribution is 5.91. The number of hydrogen-bond donors (Lipinski definition) is 3. The fourth-order valence-electron chi connectivity index (χ4n) is 1.56. The lowest BCUT2D eigenvalue weighted by Gasteiger charge is -2.27. The van der Waals surface area contributed by atoms with Gasteiger partial charge in [-0.2, -0.15) is 5.10 Å². The molecule has 0 rings (SSSR count). The second-order valence-electron chi connectivity index (χ2n) is 3.70. The highest BCUT2D eigenvalue weighted by Gasteiger charge is 2.28. The number of hydrogen-bond acceptors (Lipinski definition) is 3. The number of amides is 2. The number of primary amides is 1. The van der Waals surface area contributed by atoms with Crippen LogP contribution in [-0.4, -0.2) is 22.5 Å². The van der Waals surface area contributed by atoms with Crippen LogP contribution < -0.4 is 11.2 Å². The largest absolute Gasteiger partial charge is 0.384 e. The monoisotopic (exact) mass is 215 g/mol. The van der Waals surface area contributed by atoms with E-state index in [9.17, 15) is 9.90 Å². The maximum absolute atomic E-state index is 10.5. The van der Waals surface area contributed by atoms with Crippen LogP contribution in [0.15, 0.2) is 5.10 Å². The summed E-state index contributed by atoms with van der Waals surface area (Å²) in [5.74, 6) is 0. The summed E-state index contributed by atoms with van der Waals surface area (Å²) in [6.45, 7) is 5.69. The molecule has 5 heteroatoms. The first-order valence-electron chi connectivity index (χ1n) is 5.28. The van der Waals surface area contributed by atoms with Crippen LogP contribution in [0.1, 0.15) is 46.5 Å². The summed E-state index contributed by atoms with van der Waals surface area (Å²) in [6, 6.07) is -0.718. The van der Waals surface area contributed by atoms with Crippen molar-refractivity contribution in [1.29, 1.82) is 0 Å². The van der Waals surface area contributed by atoms with Crippen LogP contribution in [0, 0.1) is 0 Å². The van der Waals surface area contributed by atoms with Crippen LogP contribution in [-0.2, 0) is 0 Å². The predicted octanol–water partition coefficient (Wildman–Crippen LogP) is 1.36. The highest BCUT2D eigenvalue weighted by Crippen LogP contribution is 2.21. The topological polar surface area (TPSA) is 87.7 Å². The zero-order valence-electron chi connectivity index (χ0n) is 9.71. The van der Waals surface area contributed by atoms with Gasteiger partial charge in [0.2, 0.25) is 0 Å². The number of hydrazone groups is 1. The summed E-state index contributed by atoms with van der Waals surface area (Å²) in [5, 5.41) is 14.0. The Balaban J connectivity index is 4.59. The van der Waals surface area contributed by atoms with Crippen molar-refractivity contribution in [2.75, 3.05) is 0 Å². The van der Waals surface area contributed by atoms with Gasteiger partial charge < -0.3 is 10.8 Å². The Morgan fingerprint density at radius 2 is 1.87 bits per heavy atom. The lowest BCUT2D eigenvalue weighted by molar-refractivity contribution is 0.0898. The molecule has 0 aliphatic carbocycles. The molecule has 4 N–H and O–H groups in total. The summed E-state index contributed by atoms with van der Waals surface area (Å²) in [5.41, 5.74) is 6.61. The van der Waals surface area contributed by atoms with Crippen molar-refractivity contribution in [3.8, 4) is 0 Å². The average Bonchev–Trinajstić information content (AvgIpc) is 2.14. The minimum Gasteiger partial charge on any atom is -0.384 e. The molecule has 88 valence electrons. The Bertz CT molecular complexity index is 233. The second-order valence-corrected chi connectivity index (χ2v) is 3.70. The Morgan fingerprint density at radius 3 is 2.20 bits per heavy atom. The number of urea groups is 1. The number of carbonyl (C=O) groups excluding carboxylic acids is 1. The number of carbonyl (C=O) groups is 1. The van der Waals surface area contributed by atoms with E-state index in [-0.39, 0.29) is 0 Å². The van der Waals surface area contributed by atoms with Crippen molar-refractivity contribution in [2.24, 2.45) is 10.8 Å². The normalized spacial score (nSPS) is 12.7. The van der Waals surface area contributed by atoms with Crippen molar-refractivity contribution in [3.05, 3.63) is 0 Å². The Hall–Kier alpha value is -1.10. The van der Waals surface area contributed by atoms with E-state index in [1.54, 1.807) is 6.92 Å². The van der Waals surface area contributed by atoms with Gasteiger partial charge in [0.15, 0.2) is 0 Å². The Morgan fingerprint density at radius 1 is 1.40 bits per heavy atom. The molecule has 0 unspecified atom stereocenters. The standard InChI is InChI=1S/C10H21N3O2/c1-4-6-10(15,7-5-2)8(3)12-13-9(11)14/h15H,4-7H2,1-3H3,(H3,11,13,14). The van der Waals surface area contributed by atoms with Crippen molar-refractivity contribution >= 4 is 11.7 Å². The van der Waals surface area contributed by atoms with E-state index in [1.165, 1.54) is 0 Å². The summed E-state index contributed by atoms with van der Waals surface area (Å²) in [6.07, 6.45) is 2.99. The number of nitrogens with two attached hydrogens (primary N) is 1. The first kappa shape index (κ1) is 13.9. The molecule has 0 aromatic rings. The number of aliphatic hydroxyl groups is 1. The number of rotatable bonds is 6. The van der Waals surface area contributed by atoms with Gasteiger partial charge >= 0.3 is 6.03 Å².